The number of nitrogens with one attached hydrogen (secondary N) is 1. The second-order valence-electron chi connectivity index (χ2n) is 6.90. The predicted octanol–water partition coefficient (Wildman–Crippen LogP) is 4.81. The van der Waals surface area contributed by atoms with Crippen molar-refractivity contribution in [2.45, 2.75) is 20.0 Å². The van der Waals surface area contributed by atoms with E-state index in [1.165, 1.54) is 7.11 Å². The van der Waals surface area contributed by atoms with Crippen LogP contribution in [0.1, 0.15) is 19.4 Å². The highest BCUT2D eigenvalue weighted by Gasteiger charge is 2.36. The zero-order chi connectivity index (χ0) is 22.5. The van der Waals surface area contributed by atoms with Crippen LogP contribution < -0.4 is 14.8 Å². The monoisotopic (exact) mass is 460 g/mol. The molecule has 1 heterocycles. The second-order valence-corrected chi connectivity index (χ2v) is 8.33. The van der Waals surface area contributed by atoms with Crippen molar-refractivity contribution in [3.8, 4) is 11.5 Å². The van der Waals surface area contributed by atoms with E-state index < -0.39 is 17.1 Å². The van der Waals surface area contributed by atoms with Crippen molar-refractivity contribution in [2.75, 3.05) is 19.0 Å². The maximum Gasteiger partial charge on any atom is 0.294 e. The molecule has 1 aliphatic heterocycles. The Morgan fingerprint density at radius 2 is 1.97 bits per heavy atom. The van der Waals surface area contributed by atoms with Crippen LogP contribution in [0.4, 0.5) is 10.5 Å². The molecule has 2 aromatic carbocycles. The van der Waals surface area contributed by atoms with E-state index in [-0.39, 0.29) is 17.6 Å². The van der Waals surface area contributed by atoms with Gasteiger partial charge in [0.15, 0.2) is 11.5 Å². The van der Waals surface area contributed by atoms with Crippen molar-refractivity contribution in [3.05, 3.63) is 58.0 Å². The predicted molar refractivity (Wildman–Crippen MR) is 122 cm³/mol. The van der Waals surface area contributed by atoms with E-state index in [1.54, 1.807) is 48.5 Å². The summed E-state index contributed by atoms with van der Waals surface area (Å²) in [7, 11) is 1.53. The number of imide groups is 1. The lowest BCUT2D eigenvalue weighted by Crippen LogP contribution is -2.36. The molecule has 7 nitrogen and oxygen atoms in total. The molecule has 0 aromatic heterocycles. The summed E-state index contributed by atoms with van der Waals surface area (Å²) in [6, 6.07) is 11.8. The highest BCUT2D eigenvalue weighted by Crippen LogP contribution is 2.34. The SMILES string of the molecule is COc1cc(/C=C2\SC(=O)N(CC(=O)Nc3cccc(Cl)c3)C2=O)ccc1OC(C)C. The third kappa shape index (κ3) is 5.80. The number of anilines is 1. The molecule has 3 rings (SSSR count). The Balaban J connectivity index is 1.72. The van der Waals surface area contributed by atoms with Gasteiger partial charge < -0.3 is 14.8 Å². The van der Waals surface area contributed by atoms with E-state index in [0.717, 1.165) is 16.7 Å². The first-order valence-electron chi connectivity index (χ1n) is 9.42. The van der Waals surface area contributed by atoms with E-state index in [2.05, 4.69) is 5.32 Å². The number of methoxy groups -OCH3 is 1. The van der Waals surface area contributed by atoms with E-state index in [4.69, 9.17) is 21.1 Å². The first kappa shape index (κ1) is 22.7. The van der Waals surface area contributed by atoms with Gasteiger partial charge >= 0.3 is 0 Å². The molecular formula is C22H21ClN2O5S. The van der Waals surface area contributed by atoms with Gasteiger partial charge in [0.05, 0.1) is 18.1 Å². The van der Waals surface area contributed by atoms with Crippen molar-refractivity contribution < 1.29 is 23.9 Å². The van der Waals surface area contributed by atoms with Crippen molar-refractivity contribution in [3.63, 3.8) is 0 Å². The summed E-state index contributed by atoms with van der Waals surface area (Å²) < 4.78 is 11.0. The molecule has 0 aliphatic carbocycles. The average Bonchev–Trinajstić information content (AvgIpc) is 2.96. The lowest BCUT2D eigenvalue weighted by molar-refractivity contribution is -0.127. The van der Waals surface area contributed by atoms with Crippen LogP contribution in [0.5, 0.6) is 11.5 Å². The fourth-order valence-corrected chi connectivity index (χ4v) is 3.85. The minimum absolute atomic E-state index is 0.0192. The van der Waals surface area contributed by atoms with Crippen LogP contribution >= 0.6 is 23.4 Å². The van der Waals surface area contributed by atoms with Crippen LogP contribution in [-0.2, 0) is 9.59 Å². The highest BCUT2D eigenvalue weighted by molar-refractivity contribution is 8.18. The topological polar surface area (TPSA) is 84.9 Å². The Morgan fingerprint density at radius 3 is 2.65 bits per heavy atom. The van der Waals surface area contributed by atoms with E-state index in [1.807, 2.05) is 13.8 Å². The number of carbonyl (C=O) groups is 3. The maximum absolute atomic E-state index is 12.7. The van der Waals surface area contributed by atoms with Gasteiger partial charge in [-0.05, 0) is 67.6 Å². The van der Waals surface area contributed by atoms with Gasteiger partial charge in [-0.25, -0.2) is 0 Å². The van der Waals surface area contributed by atoms with Crippen LogP contribution in [0.15, 0.2) is 47.4 Å². The van der Waals surface area contributed by atoms with Gasteiger partial charge in [-0.3, -0.25) is 19.3 Å². The number of benzene rings is 2. The lowest BCUT2D eigenvalue weighted by Gasteiger charge is -2.14. The standard InChI is InChI=1S/C22H21ClN2O5S/c1-13(2)30-17-8-7-14(9-18(17)29-3)10-19-21(27)25(22(28)31-19)12-20(26)24-16-6-4-5-15(23)11-16/h4-11,13H,12H2,1-3H3,(H,24,26)/b19-10-. The molecule has 0 radical (unpaired) electrons. The summed E-state index contributed by atoms with van der Waals surface area (Å²) in [4.78, 5) is 38.4. The fourth-order valence-electron chi connectivity index (χ4n) is 2.82. The number of ether oxygens (including phenoxy) is 2. The molecule has 0 atom stereocenters. The van der Waals surface area contributed by atoms with Crippen LogP contribution in [0.3, 0.4) is 0 Å². The molecule has 0 spiro atoms. The summed E-state index contributed by atoms with van der Waals surface area (Å²) in [6.07, 6.45) is 1.57. The molecule has 3 amide bonds. The smallest absolute Gasteiger partial charge is 0.294 e. The lowest BCUT2D eigenvalue weighted by atomic mass is 10.2. The second kappa shape index (κ2) is 9.89. The van der Waals surface area contributed by atoms with Crippen molar-refractivity contribution in [1.29, 1.82) is 0 Å². The fraction of sp³-hybridized carbons (Fsp3) is 0.227. The summed E-state index contributed by atoms with van der Waals surface area (Å²) in [6.45, 7) is 3.43. The molecule has 1 fully saturated rings. The minimum atomic E-state index is -0.530. The first-order valence-corrected chi connectivity index (χ1v) is 10.6. The Kier molecular flexibility index (Phi) is 7.25. The number of thioether (sulfide) groups is 1. The number of nitrogens with zero attached hydrogens (tertiary/aromatic N) is 1. The molecule has 1 aliphatic rings. The van der Waals surface area contributed by atoms with Gasteiger partial charge in [0.2, 0.25) is 5.91 Å². The van der Waals surface area contributed by atoms with Gasteiger partial charge in [0.25, 0.3) is 11.1 Å². The largest absolute Gasteiger partial charge is 0.493 e. The Morgan fingerprint density at radius 1 is 1.19 bits per heavy atom. The van der Waals surface area contributed by atoms with Crippen LogP contribution in [-0.4, -0.2) is 41.7 Å². The third-order valence-electron chi connectivity index (χ3n) is 4.13. The summed E-state index contributed by atoms with van der Waals surface area (Å²) in [5, 5.41) is 2.58. The van der Waals surface area contributed by atoms with Gasteiger partial charge in [0, 0.05) is 10.7 Å². The minimum Gasteiger partial charge on any atom is -0.493 e. The van der Waals surface area contributed by atoms with Gasteiger partial charge in [-0.15, -0.1) is 0 Å². The molecular weight excluding hydrogens is 440 g/mol. The summed E-state index contributed by atoms with van der Waals surface area (Å²) in [5.41, 5.74) is 1.15. The summed E-state index contributed by atoms with van der Waals surface area (Å²) >= 11 is 6.68. The number of hydrogen-bond donors (Lipinski definition) is 1. The van der Waals surface area contributed by atoms with Gasteiger partial charge in [0.1, 0.15) is 6.54 Å². The molecule has 31 heavy (non-hydrogen) atoms. The Bertz CT molecular complexity index is 1050. The Labute approximate surface area is 189 Å². The molecule has 162 valence electrons. The molecule has 1 saturated heterocycles. The van der Waals surface area contributed by atoms with Crippen LogP contribution in [0, 0.1) is 0 Å². The maximum atomic E-state index is 12.7. The quantitative estimate of drug-likeness (QED) is 0.597. The average molecular weight is 461 g/mol. The normalized spacial score (nSPS) is 15.0. The van der Waals surface area contributed by atoms with Crippen LogP contribution in [0.2, 0.25) is 5.02 Å². The van der Waals surface area contributed by atoms with E-state index in [9.17, 15) is 14.4 Å². The number of halogens is 1. The van der Waals surface area contributed by atoms with E-state index >= 15 is 0 Å². The number of carbonyl (C=O) groups excluding carboxylic acids is 3. The van der Waals surface area contributed by atoms with Gasteiger partial charge in [-0.1, -0.05) is 23.7 Å². The van der Waals surface area contributed by atoms with Crippen molar-refractivity contribution >= 4 is 52.2 Å². The van der Waals surface area contributed by atoms with Crippen LogP contribution in [0.25, 0.3) is 6.08 Å². The first-order chi connectivity index (χ1) is 14.8. The molecule has 0 saturated carbocycles. The Hall–Kier alpha value is -2.97. The van der Waals surface area contributed by atoms with Gasteiger partial charge in [-0.2, -0.15) is 0 Å². The molecule has 2 aromatic rings. The number of amides is 3. The third-order valence-corrected chi connectivity index (χ3v) is 5.27. The number of hydrogen-bond acceptors (Lipinski definition) is 6. The molecule has 1 N–H and O–H groups in total. The molecule has 0 bridgehead atoms. The highest BCUT2D eigenvalue weighted by atomic mass is 35.5. The van der Waals surface area contributed by atoms with Crippen molar-refractivity contribution in [1.82, 2.24) is 4.90 Å². The van der Waals surface area contributed by atoms with E-state index in [0.29, 0.717) is 27.8 Å². The zero-order valence-electron chi connectivity index (χ0n) is 17.2. The zero-order valence-corrected chi connectivity index (χ0v) is 18.8. The summed E-state index contributed by atoms with van der Waals surface area (Å²) in [5.74, 6) is 0.0726. The molecule has 0 unspecified atom stereocenters. The number of rotatable bonds is 7. The molecule has 9 heteroatoms. The van der Waals surface area contributed by atoms with Crippen molar-refractivity contribution in [2.24, 2.45) is 0 Å².